The Labute approximate surface area is 90.5 Å². The van der Waals surface area contributed by atoms with Crippen LogP contribution in [0.4, 0.5) is 0 Å². The Bertz CT molecular complexity index is 182. The Balaban J connectivity index is 2.00. The van der Waals surface area contributed by atoms with Crippen LogP contribution in [-0.4, -0.2) is 52.0 Å². The average molecular weight is 216 g/mol. The lowest BCUT2D eigenvalue weighted by atomic mass is 10.2. The van der Waals surface area contributed by atoms with Crippen LogP contribution >= 0.6 is 0 Å². The highest BCUT2D eigenvalue weighted by molar-refractivity contribution is 5.75. The van der Waals surface area contributed by atoms with Crippen molar-refractivity contribution in [2.24, 2.45) is 0 Å². The Hall–Kier alpha value is -0.650. The Morgan fingerprint density at radius 2 is 2.53 bits per heavy atom. The number of amides is 1. The van der Waals surface area contributed by atoms with Crippen molar-refractivity contribution in [1.29, 1.82) is 0 Å². The summed E-state index contributed by atoms with van der Waals surface area (Å²) in [6.07, 6.45) is 1.41. The molecule has 0 aromatic carbocycles. The van der Waals surface area contributed by atoms with E-state index in [1.54, 1.807) is 7.11 Å². The summed E-state index contributed by atoms with van der Waals surface area (Å²) in [5, 5.41) is 6.07. The number of hydrogen-bond donors (Lipinski definition) is 2. The lowest BCUT2D eigenvalue weighted by Gasteiger charge is -2.23. The van der Waals surface area contributed by atoms with Crippen LogP contribution in [0.15, 0.2) is 0 Å². The fourth-order valence-corrected chi connectivity index (χ4v) is 1.44. The van der Waals surface area contributed by atoms with E-state index in [4.69, 9.17) is 9.47 Å². The van der Waals surface area contributed by atoms with Crippen LogP contribution in [-0.2, 0) is 14.3 Å². The first-order valence-corrected chi connectivity index (χ1v) is 5.41. The number of methoxy groups -OCH3 is 1. The molecule has 0 bridgehead atoms. The van der Waals surface area contributed by atoms with Gasteiger partial charge in [0.25, 0.3) is 0 Å². The van der Waals surface area contributed by atoms with Gasteiger partial charge >= 0.3 is 0 Å². The van der Waals surface area contributed by atoms with Crippen molar-refractivity contribution in [3.63, 3.8) is 0 Å². The summed E-state index contributed by atoms with van der Waals surface area (Å²) in [5.41, 5.74) is 0. The molecule has 1 aliphatic heterocycles. The third kappa shape index (κ3) is 5.71. The third-order valence-corrected chi connectivity index (χ3v) is 2.28. The van der Waals surface area contributed by atoms with Crippen molar-refractivity contribution in [2.75, 3.05) is 40.0 Å². The van der Waals surface area contributed by atoms with Crippen LogP contribution in [0.5, 0.6) is 0 Å². The minimum atomic E-state index is 0.0706. The molecule has 1 fully saturated rings. The first kappa shape index (κ1) is 12.4. The van der Waals surface area contributed by atoms with Crippen LogP contribution in [0.2, 0.25) is 0 Å². The summed E-state index contributed by atoms with van der Waals surface area (Å²) in [7, 11) is 1.64. The molecule has 1 rings (SSSR count). The zero-order valence-electron chi connectivity index (χ0n) is 9.25. The molecule has 5 nitrogen and oxygen atoms in total. The van der Waals surface area contributed by atoms with Gasteiger partial charge in [0, 0.05) is 39.8 Å². The monoisotopic (exact) mass is 216 g/mol. The van der Waals surface area contributed by atoms with Gasteiger partial charge in [0.05, 0.1) is 12.7 Å². The maximum absolute atomic E-state index is 11.3. The molecule has 1 saturated heterocycles. The van der Waals surface area contributed by atoms with Gasteiger partial charge in [0.2, 0.25) is 5.91 Å². The van der Waals surface area contributed by atoms with Crippen molar-refractivity contribution in [2.45, 2.75) is 18.9 Å². The molecule has 5 heteroatoms. The predicted octanol–water partition coefficient (Wildman–Crippen LogP) is -0.482. The van der Waals surface area contributed by atoms with Gasteiger partial charge in [-0.05, 0) is 6.42 Å². The zero-order chi connectivity index (χ0) is 10.9. The molecule has 1 amide bonds. The fraction of sp³-hybridized carbons (Fsp3) is 0.900. The second-order valence-corrected chi connectivity index (χ2v) is 3.60. The molecule has 1 unspecified atom stereocenters. The fourth-order valence-electron chi connectivity index (χ4n) is 1.44. The van der Waals surface area contributed by atoms with E-state index in [9.17, 15) is 4.79 Å². The second kappa shape index (κ2) is 7.62. The van der Waals surface area contributed by atoms with Gasteiger partial charge in [-0.15, -0.1) is 0 Å². The highest BCUT2D eigenvalue weighted by atomic mass is 16.5. The van der Waals surface area contributed by atoms with Crippen LogP contribution in [0.1, 0.15) is 12.8 Å². The van der Waals surface area contributed by atoms with E-state index in [-0.39, 0.29) is 12.0 Å². The molecule has 0 radical (unpaired) electrons. The SMILES string of the molecule is COCCCC(=O)NCC1CNCCO1. The number of hydrogen-bond acceptors (Lipinski definition) is 4. The number of morpholine rings is 1. The van der Waals surface area contributed by atoms with Crippen molar-refractivity contribution in [3.8, 4) is 0 Å². The van der Waals surface area contributed by atoms with Gasteiger partial charge in [0.1, 0.15) is 0 Å². The van der Waals surface area contributed by atoms with Crippen molar-refractivity contribution < 1.29 is 14.3 Å². The quantitative estimate of drug-likeness (QED) is 0.589. The number of ether oxygens (including phenoxy) is 2. The number of rotatable bonds is 6. The summed E-state index contributed by atoms with van der Waals surface area (Å²) >= 11 is 0. The smallest absolute Gasteiger partial charge is 0.220 e. The van der Waals surface area contributed by atoms with Gasteiger partial charge in [-0.3, -0.25) is 4.79 Å². The van der Waals surface area contributed by atoms with Gasteiger partial charge in [-0.1, -0.05) is 0 Å². The summed E-state index contributed by atoms with van der Waals surface area (Å²) in [6.45, 7) is 3.68. The minimum absolute atomic E-state index is 0.0706. The van der Waals surface area contributed by atoms with Crippen LogP contribution < -0.4 is 10.6 Å². The Morgan fingerprint density at radius 3 is 3.20 bits per heavy atom. The Kier molecular flexibility index (Phi) is 6.31. The molecular weight excluding hydrogens is 196 g/mol. The molecule has 1 aliphatic rings. The molecule has 0 aromatic rings. The minimum Gasteiger partial charge on any atom is -0.385 e. The lowest BCUT2D eigenvalue weighted by Crippen LogP contribution is -2.45. The largest absolute Gasteiger partial charge is 0.385 e. The second-order valence-electron chi connectivity index (χ2n) is 3.60. The van der Waals surface area contributed by atoms with Crippen molar-refractivity contribution >= 4 is 5.91 Å². The normalized spacial score (nSPS) is 21.3. The van der Waals surface area contributed by atoms with Gasteiger partial charge < -0.3 is 20.1 Å². The topological polar surface area (TPSA) is 59.6 Å². The van der Waals surface area contributed by atoms with E-state index in [1.165, 1.54) is 0 Å². The van der Waals surface area contributed by atoms with Gasteiger partial charge in [0.15, 0.2) is 0 Å². The van der Waals surface area contributed by atoms with Crippen molar-refractivity contribution in [3.05, 3.63) is 0 Å². The van der Waals surface area contributed by atoms with E-state index in [2.05, 4.69) is 10.6 Å². The van der Waals surface area contributed by atoms with Crippen molar-refractivity contribution in [1.82, 2.24) is 10.6 Å². The average Bonchev–Trinajstić information content (AvgIpc) is 2.28. The summed E-state index contributed by atoms with van der Waals surface area (Å²) in [5.74, 6) is 0.0706. The summed E-state index contributed by atoms with van der Waals surface area (Å²) < 4.78 is 10.3. The number of nitrogens with one attached hydrogen (secondary N) is 2. The maximum atomic E-state index is 11.3. The van der Waals surface area contributed by atoms with E-state index < -0.39 is 0 Å². The predicted molar refractivity (Wildman–Crippen MR) is 56.7 cm³/mol. The number of carbonyl (C=O) groups excluding carboxylic acids is 1. The molecule has 0 aliphatic carbocycles. The summed E-state index contributed by atoms with van der Waals surface area (Å²) in [4.78, 5) is 11.3. The first-order chi connectivity index (χ1) is 7.33. The molecule has 0 saturated carbocycles. The van der Waals surface area contributed by atoms with E-state index in [0.29, 0.717) is 19.6 Å². The maximum Gasteiger partial charge on any atom is 0.220 e. The van der Waals surface area contributed by atoms with Gasteiger partial charge in [-0.25, -0.2) is 0 Å². The van der Waals surface area contributed by atoms with Gasteiger partial charge in [-0.2, -0.15) is 0 Å². The zero-order valence-corrected chi connectivity index (χ0v) is 9.25. The van der Waals surface area contributed by atoms with Crippen LogP contribution in [0, 0.1) is 0 Å². The molecule has 0 aromatic heterocycles. The summed E-state index contributed by atoms with van der Waals surface area (Å²) in [6, 6.07) is 0. The third-order valence-electron chi connectivity index (χ3n) is 2.28. The molecule has 15 heavy (non-hydrogen) atoms. The first-order valence-electron chi connectivity index (χ1n) is 5.41. The number of carbonyl (C=O) groups is 1. The molecule has 1 heterocycles. The lowest BCUT2D eigenvalue weighted by molar-refractivity contribution is -0.122. The van der Waals surface area contributed by atoms with E-state index >= 15 is 0 Å². The molecule has 88 valence electrons. The van der Waals surface area contributed by atoms with Crippen LogP contribution in [0.25, 0.3) is 0 Å². The van der Waals surface area contributed by atoms with E-state index in [0.717, 1.165) is 26.1 Å². The molecule has 2 N–H and O–H groups in total. The molecular formula is C10H20N2O3. The highest BCUT2D eigenvalue weighted by Crippen LogP contribution is 1.95. The molecule has 1 atom stereocenters. The highest BCUT2D eigenvalue weighted by Gasteiger charge is 2.13. The Morgan fingerprint density at radius 1 is 1.67 bits per heavy atom. The van der Waals surface area contributed by atoms with Crippen LogP contribution in [0.3, 0.4) is 0 Å². The van der Waals surface area contributed by atoms with E-state index in [1.807, 2.05) is 0 Å². The molecule has 0 spiro atoms. The standard InChI is InChI=1S/C10H20N2O3/c1-14-5-2-3-10(13)12-8-9-7-11-4-6-15-9/h9,11H,2-8H2,1H3,(H,12,13).